The second-order valence-electron chi connectivity index (χ2n) is 5.93. The van der Waals surface area contributed by atoms with Gasteiger partial charge in [-0.2, -0.15) is 5.10 Å². The Bertz CT molecular complexity index is 1050. The first kappa shape index (κ1) is 15.8. The first-order valence-electron chi connectivity index (χ1n) is 8.06. The number of anilines is 1. The maximum atomic E-state index is 11.8. The van der Waals surface area contributed by atoms with E-state index >= 15 is 0 Å². The molecule has 2 heterocycles. The van der Waals surface area contributed by atoms with E-state index in [1.54, 1.807) is 36.5 Å². The average molecular weight is 345 g/mol. The van der Waals surface area contributed by atoms with Gasteiger partial charge in [-0.3, -0.25) is 20.3 Å². The predicted molar refractivity (Wildman–Crippen MR) is 98.3 cm³/mol. The average Bonchev–Trinajstić information content (AvgIpc) is 3.22. The molecule has 0 fully saturated rings. The molecule has 0 radical (unpaired) electrons. The van der Waals surface area contributed by atoms with Gasteiger partial charge in [0.2, 0.25) is 0 Å². The molecule has 128 valence electrons. The van der Waals surface area contributed by atoms with Crippen molar-refractivity contribution in [3.8, 4) is 11.3 Å². The number of carbonyl (C=O) groups is 2. The van der Waals surface area contributed by atoms with Gasteiger partial charge in [0.25, 0.3) is 11.8 Å². The third kappa shape index (κ3) is 2.88. The molecular formula is C20H15N3O3. The lowest BCUT2D eigenvalue weighted by Gasteiger charge is -2.02. The molecule has 6 heteroatoms. The van der Waals surface area contributed by atoms with Crippen molar-refractivity contribution in [1.82, 2.24) is 5.32 Å². The topological polar surface area (TPSA) is 83.7 Å². The summed E-state index contributed by atoms with van der Waals surface area (Å²) < 4.78 is 5.75. The SMILES string of the molecule is Cc1ccccc1NN=Cc1ccc(-c2ccc3c(c2)C(=O)NC3=O)o1. The number of nitrogens with one attached hydrogen (secondary N) is 2. The summed E-state index contributed by atoms with van der Waals surface area (Å²) in [6.45, 7) is 2.00. The van der Waals surface area contributed by atoms with Crippen LogP contribution in [0.15, 0.2) is 64.1 Å². The van der Waals surface area contributed by atoms with Crippen LogP contribution in [-0.2, 0) is 0 Å². The van der Waals surface area contributed by atoms with Gasteiger partial charge in [-0.05, 0) is 42.8 Å². The molecule has 1 aliphatic rings. The summed E-state index contributed by atoms with van der Waals surface area (Å²) in [6.07, 6.45) is 1.58. The molecule has 1 aliphatic heterocycles. The molecule has 26 heavy (non-hydrogen) atoms. The highest BCUT2D eigenvalue weighted by atomic mass is 16.3. The van der Waals surface area contributed by atoms with Crippen LogP contribution in [0.3, 0.4) is 0 Å². The van der Waals surface area contributed by atoms with Crippen LogP contribution in [0.1, 0.15) is 32.0 Å². The van der Waals surface area contributed by atoms with Gasteiger partial charge in [0.15, 0.2) is 0 Å². The number of fused-ring (bicyclic) bond motifs is 1. The van der Waals surface area contributed by atoms with Crippen molar-refractivity contribution in [2.45, 2.75) is 6.92 Å². The number of carbonyl (C=O) groups excluding carboxylic acids is 2. The van der Waals surface area contributed by atoms with Crippen LogP contribution in [-0.4, -0.2) is 18.0 Å². The van der Waals surface area contributed by atoms with E-state index in [9.17, 15) is 9.59 Å². The zero-order valence-corrected chi connectivity index (χ0v) is 13.9. The number of hydrogen-bond acceptors (Lipinski definition) is 5. The summed E-state index contributed by atoms with van der Waals surface area (Å²) in [5, 5.41) is 6.46. The summed E-state index contributed by atoms with van der Waals surface area (Å²) in [7, 11) is 0. The third-order valence-electron chi connectivity index (χ3n) is 4.17. The van der Waals surface area contributed by atoms with Crippen molar-refractivity contribution < 1.29 is 14.0 Å². The van der Waals surface area contributed by atoms with Gasteiger partial charge in [0, 0.05) is 5.56 Å². The van der Waals surface area contributed by atoms with Crippen molar-refractivity contribution in [2.75, 3.05) is 5.43 Å². The summed E-state index contributed by atoms with van der Waals surface area (Å²) in [4.78, 5) is 23.4. The molecule has 4 rings (SSSR count). The van der Waals surface area contributed by atoms with Crippen LogP contribution in [0.2, 0.25) is 0 Å². The van der Waals surface area contributed by atoms with Gasteiger partial charge >= 0.3 is 0 Å². The van der Waals surface area contributed by atoms with Gasteiger partial charge in [0.1, 0.15) is 11.5 Å². The van der Waals surface area contributed by atoms with Gasteiger partial charge in [-0.15, -0.1) is 0 Å². The molecular weight excluding hydrogens is 330 g/mol. The minimum atomic E-state index is -0.386. The normalized spacial score (nSPS) is 13.1. The number of para-hydroxylation sites is 1. The van der Waals surface area contributed by atoms with Crippen LogP contribution in [0.4, 0.5) is 5.69 Å². The van der Waals surface area contributed by atoms with E-state index in [-0.39, 0.29) is 11.8 Å². The number of hydrogen-bond donors (Lipinski definition) is 2. The maximum Gasteiger partial charge on any atom is 0.258 e. The van der Waals surface area contributed by atoms with Crippen molar-refractivity contribution in [3.63, 3.8) is 0 Å². The van der Waals surface area contributed by atoms with Crippen molar-refractivity contribution in [3.05, 3.63) is 77.0 Å². The lowest BCUT2D eigenvalue weighted by atomic mass is 10.0. The highest BCUT2D eigenvalue weighted by molar-refractivity contribution is 6.21. The smallest absolute Gasteiger partial charge is 0.258 e. The molecule has 0 aliphatic carbocycles. The molecule has 0 spiro atoms. The molecule has 0 saturated carbocycles. The molecule has 0 unspecified atom stereocenters. The fraction of sp³-hybridized carbons (Fsp3) is 0.0500. The van der Waals surface area contributed by atoms with Gasteiger partial charge in [-0.1, -0.05) is 24.3 Å². The van der Waals surface area contributed by atoms with E-state index in [0.717, 1.165) is 16.8 Å². The Hall–Kier alpha value is -3.67. The van der Waals surface area contributed by atoms with Gasteiger partial charge in [0.05, 0.1) is 23.0 Å². The number of furan rings is 1. The molecule has 0 atom stereocenters. The van der Waals surface area contributed by atoms with Crippen molar-refractivity contribution >= 4 is 23.7 Å². The lowest BCUT2D eigenvalue weighted by Crippen LogP contribution is -2.19. The summed E-state index contributed by atoms with van der Waals surface area (Å²) >= 11 is 0. The van der Waals surface area contributed by atoms with Crippen LogP contribution >= 0.6 is 0 Å². The molecule has 3 aromatic rings. The highest BCUT2D eigenvalue weighted by Crippen LogP contribution is 2.26. The summed E-state index contributed by atoms with van der Waals surface area (Å²) in [5.74, 6) is 0.410. The van der Waals surface area contributed by atoms with Gasteiger partial charge < -0.3 is 4.42 Å². The van der Waals surface area contributed by atoms with Crippen molar-refractivity contribution in [2.24, 2.45) is 5.10 Å². The number of benzene rings is 2. The van der Waals surface area contributed by atoms with E-state index in [0.29, 0.717) is 22.6 Å². The largest absolute Gasteiger partial charge is 0.455 e. The Morgan fingerprint density at radius 1 is 1.00 bits per heavy atom. The van der Waals surface area contributed by atoms with E-state index in [2.05, 4.69) is 15.8 Å². The monoisotopic (exact) mass is 345 g/mol. The van der Waals surface area contributed by atoms with Crippen LogP contribution in [0, 0.1) is 6.92 Å². The van der Waals surface area contributed by atoms with E-state index < -0.39 is 0 Å². The zero-order valence-electron chi connectivity index (χ0n) is 13.9. The number of nitrogens with zero attached hydrogens (tertiary/aromatic N) is 1. The predicted octanol–water partition coefficient (Wildman–Crippen LogP) is 3.58. The Morgan fingerprint density at radius 3 is 2.65 bits per heavy atom. The standard InChI is InChI=1S/C20H15N3O3/c1-12-4-2-3-5-17(12)23-21-11-14-7-9-18(26-14)13-6-8-15-16(10-13)20(25)22-19(15)24/h2-11,23H,1H3,(H,22,24,25). The van der Waals surface area contributed by atoms with E-state index in [1.807, 2.05) is 31.2 Å². The first-order chi connectivity index (χ1) is 12.6. The summed E-state index contributed by atoms with van der Waals surface area (Å²) in [5.41, 5.74) is 6.46. The third-order valence-corrected chi connectivity index (χ3v) is 4.17. The quantitative estimate of drug-likeness (QED) is 0.430. The van der Waals surface area contributed by atoms with Crippen molar-refractivity contribution in [1.29, 1.82) is 0 Å². The minimum absolute atomic E-state index is 0.361. The molecule has 0 bridgehead atoms. The minimum Gasteiger partial charge on any atom is -0.455 e. The number of hydrazone groups is 1. The molecule has 1 aromatic heterocycles. The number of aryl methyl sites for hydroxylation is 1. The molecule has 0 saturated heterocycles. The van der Waals surface area contributed by atoms with Crippen LogP contribution in [0.5, 0.6) is 0 Å². The maximum absolute atomic E-state index is 11.8. The molecule has 6 nitrogen and oxygen atoms in total. The second-order valence-corrected chi connectivity index (χ2v) is 5.93. The first-order valence-corrected chi connectivity index (χ1v) is 8.06. The molecule has 2 aromatic carbocycles. The second kappa shape index (κ2) is 6.33. The lowest BCUT2D eigenvalue weighted by molar-refractivity contribution is 0.0879. The molecule has 2 N–H and O–H groups in total. The van der Waals surface area contributed by atoms with E-state index in [1.165, 1.54) is 0 Å². The Kier molecular flexibility index (Phi) is 3.85. The zero-order chi connectivity index (χ0) is 18.1. The molecule has 2 amide bonds. The number of amides is 2. The highest BCUT2D eigenvalue weighted by Gasteiger charge is 2.27. The Morgan fingerprint density at radius 2 is 1.81 bits per heavy atom. The Labute approximate surface area is 149 Å². The van der Waals surface area contributed by atoms with E-state index in [4.69, 9.17) is 4.42 Å². The Balaban J connectivity index is 1.53. The number of imide groups is 1. The van der Waals surface area contributed by atoms with Crippen LogP contribution in [0.25, 0.3) is 11.3 Å². The fourth-order valence-electron chi connectivity index (χ4n) is 2.76. The fourth-order valence-corrected chi connectivity index (χ4v) is 2.76. The van der Waals surface area contributed by atoms with Gasteiger partial charge in [-0.25, -0.2) is 0 Å². The number of rotatable bonds is 4. The summed E-state index contributed by atoms with van der Waals surface area (Å²) in [6, 6.07) is 16.5. The van der Waals surface area contributed by atoms with Crippen LogP contribution < -0.4 is 10.7 Å².